The van der Waals surface area contributed by atoms with Crippen LogP contribution >= 0.6 is 22.9 Å². The van der Waals surface area contributed by atoms with E-state index in [9.17, 15) is 13.2 Å². The van der Waals surface area contributed by atoms with Gasteiger partial charge in [0, 0.05) is 0 Å². The van der Waals surface area contributed by atoms with E-state index in [0.29, 0.717) is 12.8 Å². The predicted octanol–water partition coefficient (Wildman–Crippen LogP) is 1.94. The lowest BCUT2D eigenvalue weighted by Gasteiger charge is -2.04. The normalized spacial score (nSPS) is 11.0. The molecule has 0 spiro atoms. The third-order valence-electron chi connectivity index (χ3n) is 2.14. The van der Waals surface area contributed by atoms with Gasteiger partial charge in [-0.2, -0.15) is 8.42 Å². The van der Waals surface area contributed by atoms with Crippen molar-refractivity contribution in [1.29, 1.82) is 0 Å². The van der Waals surface area contributed by atoms with E-state index in [0.717, 1.165) is 5.56 Å². The maximum atomic E-state index is 10.8. The minimum absolute atomic E-state index is 0.133. The molecule has 8 heteroatoms. The van der Waals surface area contributed by atoms with E-state index >= 15 is 0 Å². The summed E-state index contributed by atoms with van der Waals surface area (Å²) in [4.78, 5) is 10.6. The summed E-state index contributed by atoms with van der Waals surface area (Å²) in [5.74, 6) is 0. The fourth-order valence-electron chi connectivity index (χ4n) is 1.30. The summed E-state index contributed by atoms with van der Waals surface area (Å²) < 4.78 is 37.5. The monoisotopic (exact) mass is 385 g/mol. The van der Waals surface area contributed by atoms with E-state index in [1.807, 2.05) is 0 Å². The maximum Gasteiger partial charge on any atom is 0.415 e. The van der Waals surface area contributed by atoms with Crippen molar-refractivity contribution >= 4 is 39.1 Å². The lowest BCUT2D eigenvalue weighted by Crippen LogP contribution is -2.14. The highest BCUT2D eigenvalue weighted by Gasteiger charge is 2.08. The van der Waals surface area contributed by atoms with Crippen LogP contribution in [0.15, 0.2) is 29.2 Å². The molecule has 18 heavy (non-hydrogen) atoms. The molecule has 100 valence electrons. The van der Waals surface area contributed by atoms with Gasteiger partial charge in [-0.15, -0.1) is 0 Å². The van der Waals surface area contributed by atoms with Gasteiger partial charge in [0.2, 0.25) is 0 Å². The van der Waals surface area contributed by atoms with Crippen molar-refractivity contribution in [1.82, 2.24) is 3.53 Å². The number of ether oxygens (including phenoxy) is 1. The Morgan fingerprint density at radius 1 is 1.33 bits per heavy atom. The van der Waals surface area contributed by atoms with Gasteiger partial charge in [0.15, 0.2) is 0 Å². The number of nitrogens with one attached hydrogen (secondary N) is 1. The zero-order valence-electron chi connectivity index (χ0n) is 9.30. The number of benzene rings is 1. The fourth-order valence-corrected chi connectivity index (χ4v) is 1.93. The Labute approximate surface area is 119 Å². The van der Waals surface area contributed by atoms with Gasteiger partial charge in [-0.3, -0.25) is 8.08 Å². The standard InChI is InChI=1S/C10H12INO5S/c11-12-10(13)17-7-1-2-8-3-5-9(6-4-8)18(14,15)16/h3-6H,1-2,7H2,(H,12,13)(H,14,15,16). The second kappa shape index (κ2) is 6.90. The molecule has 0 radical (unpaired) electrons. The Balaban J connectivity index is 2.43. The molecule has 6 nitrogen and oxygen atoms in total. The Morgan fingerprint density at radius 2 is 1.94 bits per heavy atom. The number of hydrogen-bond acceptors (Lipinski definition) is 4. The van der Waals surface area contributed by atoms with Crippen LogP contribution in [0.5, 0.6) is 0 Å². The largest absolute Gasteiger partial charge is 0.449 e. The third-order valence-corrected chi connectivity index (χ3v) is 3.45. The van der Waals surface area contributed by atoms with Gasteiger partial charge in [0.25, 0.3) is 10.1 Å². The Hall–Kier alpha value is -0.870. The van der Waals surface area contributed by atoms with E-state index in [1.165, 1.54) is 12.1 Å². The van der Waals surface area contributed by atoms with E-state index in [1.54, 1.807) is 35.0 Å². The SMILES string of the molecule is O=C(NI)OCCCc1ccc(S(=O)(=O)O)cc1. The molecule has 0 aliphatic heterocycles. The van der Waals surface area contributed by atoms with Crippen molar-refractivity contribution in [3.63, 3.8) is 0 Å². The third kappa shape index (κ3) is 5.19. The summed E-state index contributed by atoms with van der Waals surface area (Å²) in [5, 5.41) is 0. The first-order valence-corrected chi connectivity index (χ1v) is 7.55. The van der Waals surface area contributed by atoms with Crippen LogP contribution in [0.4, 0.5) is 4.79 Å². The molecule has 0 aliphatic rings. The Kier molecular flexibility index (Phi) is 5.82. The summed E-state index contributed by atoms with van der Waals surface area (Å²) in [7, 11) is -4.14. The molecule has 1 aromatic carbocycles. The average molecular weight is 385 g/mol. The summed E-state index contributed by atoms with van der Waals surface area (Å²) >= 11 is 1.68. The van der Waals surface area contributed by atoms with Crippen molar-refractivity contribution in [2.24, 2.45) is 0 Å². The molecule has 0 unspecified atom stereocenters. The second-order valence-corrected chi connectivity index (χ2v) is 5.41. The van der Waals surface area contributed by atoms with Crippen LogP contribution in [0.2, 0.25) is 0 Å². The minimum atomic E-state index is -4.14. The van der Waals surface area contributed by atoms with Crippen LogP contribution in [0, 0.1) is 0 Å². The molecule has 0 fully saturated rings. The molecule has 0 atom stereocenters. The van der Waals surface area contributed by atoms with Crippen LogP contribution in [-0.2, 0) is 21.3 Å². The minimum Gasteiger partial charge on any atom is -0.449 e. The molecule has 0 aliphatic carbocycles. The maximum absolute atomic E-state index is 10.8. The van der Waals surface area contributed by atoms with Crippen molar-refractivity contribution in [3.8, 4) is 0 Å². The highest BCUT2D eigenvalue weighted by molar-refractivity contribution is 14.1. The van der Waals surface area contributed by atoms with Crippen LogP contribution in [0.1, 0.15) is 12.0 Å². The Bertz CT molecular complexity index is 500. The zero-order chi connectivity index (χ0) is 13.6. The van der Waals surface area contributed by atoms with Gasteiger partial charge in [-0.05, 0) is 30.5 Å². The molecular weight excluding hydrogens is 373 g/mol. The molecule has 0 heterocycles. The van der Waals surface area contributed by atoms with Crippen LogP contribution in [0.25, 0.3) is 0 Å². The summed E-state index contributed by atoms with van der Waals surface area (Å²) in [6.07, 6.45) is 0.799. The second-order valence-electron chi connectivity index (χ2n) is 3.45. The van der Waals surface area contributed by atoms with E-state index in [4.69, 9.17) is 9.29 Å². The van der Waals surface area contributed by atoms with Crippen molar-refractivity contribution < 1.29 is 22.5 Å². The molecule has 0 aromatic heterocycles. The van der Waals surface area contributed by atoms with Crippen LogP contribution in [-0.4, -0.2) is 25.7 Å². The van der Waals surface area contributed by atoms with E-state index in [-0.39, 0.29) is 11.5 Å². The van der Waals surface area contributed by atoms with Crippen molar-refractivity contribution in [2.75, 3.05) is 6.61 Å². The number of carbonyl (C=O) groups is 1. The van der Waals surface area contributed by atoms with Gasteiger partial charge >= 0.3 is 6.09 Å². The van der Waals surface area contributed by atoms with E-state index in [2.05, 4.69) is 3.53 Å². The predicted molar refractivity (Wildman–Crippen MR) is 73.1 cm³/mol. The number of hydrogen-bond donors (Lipinski definition) is 2. The molecular formula is C10H12INO5S. The molecule has 0 saturated heterocycles. The summed E-state index contributed by atoms with van der Waals surface area (Å²) in [6.45, 7) is 0.287. The highest BCUT2D eigenvalue weighted by Crippen LogP contribution is 2.11. The molecule has 0 saturated carbocycles. The van der Waals surface area contributed by atoms with Crippen molar-refractivity contribution in [2.45, 2.75) is 17.7 Å². The molecule has 0 bridgehead atoms. The molecule has 1 aromatic rings. The molecule has 2 N–H and O–H groups in total. The summed E-state index contributed by atoms with van der Waals surface area (Å²) in [6, 6.07) is 5.90. The summed E-state index contributed by atoms with van der Waals surface area (Å²) in [5.41, 5.74) is 0.904. The van der Waals surface area contributed by atoms with Crippen molar-refractivity contribution in [3.05, 3.63) is 29.8 Å². The quantitative estimate of drug-likeness (QED) is 0.350. The lowest BCUT2D eigenvalue weighted by molar-refractivity contribution is 0.153. The number of aryl methyl sites for hydroxylation is 1. The van der Waals surface area contributed by atoms with Crippen LogP contribution in [0.3, 0.4) is 0 Å². The van der Waals surface area contributed by atoms with E-state index < -0.39 is 16.2 Å². The van der Waals surface area contributed by atoms with Gasteiger partial charge in [0.1, 0.15) is 0 Å². The average Bonchev–Trinajstić information content (AvgIpc) is 2.33. The lowest BCUT2D eigenvalue weighted by atomic mass is 10.1. The topological polar surface area (TPSA) is 92.7 Å². The van der Waals surface area contributed by atoms with Crippen LogP contribution < -0.4 is 3.53 Å². The molecule has 1 amide bonds. The Morgan fingerprint density at radius 3 is 2.44 bits per heavy atom. The first-order valence-electron chi connectivity index (χ1n) is 5.03. The van der Waals surface area contributed by atoms with Gasteiger partial charge in [-0.25, -0.2) is 4.79 Å². The van der Waals surface area contributed by atoms with Gasteiger partial charge < -0.3 is 4.74 Å². The number of carbonyl (C=O) groups excluding carboxylic acids is 1. The van der Waals surface area contributed by atoms with Gasteiger partial charge in [-0.1, -0.05) is 12.1 Å². The first kappa shape index (κ1) is 15.2. The smallest absolute Gasteiger partial charge is 0.415 e. The highest BCUT2D eigenvalue weighted by atomic mass is 127. The van der Waals surface area contributed by atoms with Gasteiger partial charge in [0.05, 0.1) is 34.4 Å². The first-order chi connectivity index (χ1) is 8.43. The number of amides is 1. The molecule has 1 rings (SSSR count). The fraction of sp³-hybridized carbons (Fsp3) is 0.300. The number of halogens is 1. The number of rotatable bonds is 5. The zero-order valence-corrected chi connectivity index (χ0v) is 12.3.